The van der Waals surface area contributed by atoms with E-state index in [4.69, 9.17) is 21.1 Å². The van der Waals surface area contributed by atoms with Gasteiger partial charge in [-0.2, -0.15) is 10.4 Å². The summed E-state index contributed by atoms with van der Waals surface area (Å²) in [4.78, 5) is 0. The minimum absolute atomic E-state index is 0.150. The zero-order chi connectivity index (χ0) is 14.4. The van der Waals surface area contributed by atoms with Crippen molar-refractivity contribution in [3.8, 4) is 11.8 Å². The van der Waals surface area contributed by atoms with Gasteiger partial charge in [-0.25, -0.2) is 8.78 Å². The minimum Gasteiger partial charge on any atom is -0.491 e. The first-order valence-corrected chi connectivity index (χ1v) is 5.20. The highest BCUT2D eigenvalue weighted by molar-refractivity contribution is 6.45. The van der Waals surface area contributed by atoms with Crippen LogP contribution in [0.1, 0.15) is 6.92 Å². The molecule has 0 spiro atoms. The molecule has 8 heteroatoms. The predicted molar refractivity (Wildman–Crippen MR) is 66.1 cm³/mol. The second-order valence-corrected chi connectivity index (χ2v) is 3.27. The van der Waals surface area contributed by atoms with Crippen molar-refractivity contribution in [1.29, 1.82) is 10.7 Å². The largest absolute Gasteiger partial charge is 0.491 e. The van der Waals surface area contributed by atoms with Gasteiger partial charge in [-0.3, -0.25) is 10.8 Å². The van der Waals surface area contributed by atoms with E-state index in [-0.39, 0.29) is 12.4 Å². The van der Waals surface area contributed by atoms with Crippen LogP contribution in [0.15, 0.2) is 17.2 Å². The monoisotopic (exact) mass is 267 g/mol. The Balaban J connectivity index is 3.11. The lowest BCUT2D eigenvalue weighted by Gasteiger charge is -2.09. The number of nitriles is 1. The Bertz CT molecular complexity index is 565. The van der Waals surface area contributed by atoms with Gasteiger partial charge in [0.2, 0.25) is 5.71 Å². The van der Waals surface area contributed by atoms with Crippen molar-refractivity contribution in [2.75, 3.05) is 12.0 Å². The molecule has 1 aromatic carbocycles. The molecule has 19 heavy (non-hydrogen) atoms. The van der Waals surface area contributed by atoms with E-state index < -0.39 is 28.9 Å². The Morgan fingerprint density at radius 2 is 2.26 bits per heavy atom. The number of hydrazone groups is 1. The standard InChI is InChI=1S/C11H11F2N5O/c1-2-19-8-4-3-6(12)10(9(8)13)18-17-7(5-14)11(15)16/h3-4,18H,2H2,1H3,(H3,15,16)/b17-7+. The summed E-state index contributed by atoms with van der Waals surface area (Å²) in [5.74, 6) is -2.66. The molecule has 0 bridgehead atoms. The average Bonchev–Trinajstić information content (AvgIpc) is 2.37. The molecule has 0 heterocycles. The third-order valence-electron chi connectivity index (χ3n) is 2.00. The van der Waals surface area contributed by atoms with E-state index in [1.807, 2.05) is 5.43 Å². The number of anilines is 1. The maximum atomic E-state index is 13.8. The van der Waals surface area contributed by atoms with Gasteiger partial charge in [0.1, 0.15) is 11.8 Å². The number of benzene rings is 1. The average molecular weight is 267 g/mol. The lowest BCUT2D eigenvalue weighted by atomic mass is 10.2. The van der Waals surface area contributed by atoms with Gasteiger partial charge in [0.15, 0.2) is 23.2 Å². The van der Waals surface area contributed by atoms with Crippen molar-refractivity contribution in [1.82, 2.24) is 0 Å². The van der Waals surface area contributed by atoms with Gasteiger partial charge < -0.3 is 10.5 Å². The van der Waals surface area contributed by atoms with Gasteiger partial charge in [-0.05, 0) is 19.1 Å². The number of halogens is 2. The number of rotatable bonds is 5. The summed E-state index contributed by atoms with van der Waals surface area (Å²) >= 11 is 0. The quantitative estimate of drug-likeness (QED) is 0.427. The molecule has 4 N–H and O–H groups in total. The van der Waals surface area contributed by atoms with Crippen LogP contribution < -0.4 is 15.9 Å². The summed E-state index contributed by atoms with van der Waals surface area (Å²) in [6.07, 6.45) is 0. The predicted octanol–water partition coefficient (Wildman–Crippen LogP) is 1.59. The van der Waals surface area contributed by atoms with Gasteiger partial charge in [0.25, 0.3) is 0 Å². The zero-order valence-electron chi connectivity index (χ0n) is 10.00. The number of amidine groups is 1. The molecular formula is C11H11F2N5O. The second-order valence-electron chi connectivity index (χ2n) is 3.27. The van der Waals surface area contributed by atoms with E-state index in [0.717, 1.165) is 12.1 Å². The number of hydrogen-bond donors (Lipinski definition) is 3. The van der Waals surface area contributed by atoms with E-state index in [9.17, 15) is 8.78 Å². The van der Waals surface area contributed by atoms with Crippen molar-refractivity contribution in [2.24, 2.45) is 10.8 Å². The van der Waals surface area contributed by atoms with Crippen LogP contribution in [0.5, 0.6) is 5.75 Å². The van der Waals surface area contributed by atoms with Gasteiger partial charge in [0, 0.05) is 0 Å². The fourth-order valence-electron chi connectivity index (χ4n) is 1.16. The molecule has 0 aliphatic carbocycles. The fraction of sp³-hybridized carbons (Fsp3) is 0.182. The number of nitrogens with two attached hydrogens (primary N) is 1. The summed E-state index contributed by atoms with van der Waals surface area (Å²) < 4.78 is 32.2. The van der Waals surface area contributed by atoms with Gasteiger partial charge in [-0.1, -0.05) is 0 Å². The summed E-state index contributed by atoms with van der Waals surface area (Å²) in [6.45, 7) is 1.86. The molecule has 0 aliphatic heterocycles. The Morgan fingerprint density at radius 3 is 2.79 bits per heavy atom. The van der Waals surface area contributed by atoms with E-state index in [1.165, 1.54) is 6.07 Å². The maximum Gasteiger partial charge on any atom is 0.201 e. The van der Waals surface area contributed by atoms with Crippen LogP contribution in [0.25, 0.3) is 0 Å². The van der Waals surface area contributed by atoms with E-state index >= 15 is 0 Å². The molecular weight excluding hydrogens is 256 g/mol. The highest BCUT2D eigenvalue weighted by Gasteiger charge is 2.14. The van der Waals surface area contributed by atoms with Gasteiger partial charge in [-0.15, -0.1) is 0 Å². The molecule has 6 nitrogen and oxygen atoms in total. The topological polar surface area (TPSA) is 107 Å². The molecule has 0 aromatic heterocycles. The zero-order valence-corrected chi connectivity index (χ0v) is 10.00. The normalized spacial score (nSPS) is 10.7. The number of nitrogens with zero attached hydrogens (tertiary/aromatic N) is 2. The van der Waals surface area contributed by atoms with Crippen LogP contribution in [0.2, 0.25) is 0 Å². The molecule has 0 saturated heterocycles. The molecule has 0 amide bonds. The lowest BCUT2D eigenvalue weighted by molar-refractivity contribution is 0.321. The number of hydrogen-bond acceptors (Lipinski definition) is 5. The SMILES string of the molecule is CCOc1ccc(F)c(N/N=C(\C#N)C(=N)N)c1F. The van der Waals surface area contributed by atoms with Gasteiger partial charge >= 0.3 is 0 Å². The molecule has 0 fully saturated rings. The van der Waals surface area contributed by atoms with Crippen molar-refractivity contribution in [2.45, 2.75) is 6.92 Å². The molecule has 1 aromatic rings. The molecule has 0 saturated carbocycles. The maximum absolute atomic E-state index is 13.8. The van der Waals surface area contributed by atoms with Crippen LogP contribution in [0, 0.1) is 28.4 Å². The van der Waals surface area contributed by atoms with E-state index in [2.05, 4.69) is 5.10 Å². The Kier molecular flexibility index (Phi) is 4.76. The third-order valence-corrected chi connectivity index (χ3v) is 2.00. The first kappa shape index (κ1) is 14.4. The smallest absolute Gasteiger partial charge is 0.201 e. The van der Waals surface area contributed by atoms with Crippen molar-refractivity contribution in [3.05, 3.63) is 23.8 Å². The van der Waals surface area contributed by atoms with Crippen LogP contribution in [-0.2, 0) is 0 Å². The minimum atomic E-state index is -0.980. The van der Waals surface area contributed by atoms with Crippen molar-refractivity contribution >= 4 is 17.2 Å². The highest BCUT2D eigenvalue weighted by Crippen LogP contribution is 2.27. The summed E-state index contributed by atoms with van der Waals surface area (Å²) in [5.41, 5.74) is 6.00. The molecule has 1 rings (SSSR count). The Morgan fingerprint density at radius 1 is 1.58 bits per heavy atom. The highest BCUT2D eigenvalue weighted by atomic mass is 19.1. The summed E-state index contributed by atoms with van der Waals surface area (Å²) in [7, 11) is 0. The number of ether oxygens (including phenoxy) is 1. The summed E-state index contributed by atoms with van der Waals surface area (Å²) in [5, 5.41) is 19.0. The molecule has 0 radical (unpaired) electrons. The number of nitrogens with one attached hydrogen (secondary N) is 2. The Labute approximate surface area is 108 Å². The molecule has 100 valence electrons. The second kappa shape index (κ2) is 6.30. The fourth-order valence-corrected chi connectivity index (χ4v) is 1.16. The molecule has 0 atom stereocenters. The van der Waals surface area contributed by atoms with E-state index in [1.54, 1.807) is 6.92 Å². The van der Waals surface area contributed by atoms with Crippen molar-refractivity contribution in [3.63, 3.8) is 0 Å². The van der Waals surface area contributed by atoms with E-state index in [0.29, 0.717) is 0 Å². The lowest BCUT2D eigenvalue weighted by Crippen LogP contribution is -2.22. The van der Waals surface area contributed by atoms with Crippen LogP contribution in [0.4, 0.5) is 14.5 Å². The third kappa shape index (κ3) is 3.38. The summed E-state index contributed by atoms with van der Waals surface area (Å²) in [6, 6.07) is 3.64. The molecule has 0 unspecified atom stereocenters. The van der Waals surface area contributed by atoms with Crippen LogP contribution in [-0.4, -0.2) is 18.2 Å². The Hall–Kier alpha value is -2.69. The first-order chi connectivity index (χ1) is 9.01. The van der Waals surface area contributed by atoms with Crippen LogP contribution >= 0.6 is 0 Å². The first-order valence-electron chi connectivity index (χ1n) is 5.20. The van der Waals surface area contributed by atoms with Gasteiger partial charge in [0.05, 0.1) is 6.61 Å². The van der Waals surface area contributed by atoms with Crippen LogP contribution in [0.3, 0.4) is 0 Å². The molecule has 0 aliphatic rings. The van der Waals surface area contributed by atoms with Crippen molar-refractivity contribution < 1.29 is 13.5 Å².